The number of pyridine rings is 1. The van der Waals surface area contributed by atoms with Crippen LogP contribution in [-0.2, 0) is 0 Å². The Kier molecular flexibility index (Phi) is 5.12. The molecule has 0 aliphatic carbocycles. The van der Waals surface area contributed by atoms with Crippen molar-refractivity contribution in [3.63, 3.8) is 0 Å². The third-order valence-corrected chi connectivity index (χ3v) is 3.73. The first-order valence-corrected chi connectivity index (χ1v) is 6.38. The summed E-state index contributed by atoms with van der Waals surface area (Å²) in [6, 6.07) is 3.92. The summed E-state index contributed by atoms with van der Waals surface area (Å²) in [5.41, 5.74) is 0.878. The molecule has 1 rings (SSSR count). The summed E-state index contributed by atoms with van der Waals surface area (Å²) in [5, 5.41) is 10.4. The van der Waals surface area contributed by atoms with Gasteiger partial charge in [0.2, 0.25) is 0 Å². The molecular weight excluding hydrogens is 206 g/mol. The van der Waals surface area contributed by atoms with Crippen LogP contribution in [0.1, 0.15) is 38.9 Å². The molecule has 0 aliphatic heterocycles. The highest BCUT2D eigenvalue weighted by molar-refractivity contribution is 7.99. The molecule has 0 radical (unpaired) electrons. The van der Waals surface area contributed by atoms with Crippen molar-refractivity contribution in [3.8, 4) is 0 Å². The minimum absolute atomic E-state index is 0.425. The van der Waals surface area contributed by atoms with Gasteiger partial charge >= 0.3 is 0 Å². The van der Waals surface area contributed by atoms with Gasteiger partial charge in [0.1, 0.15) is 0 Å². The van der Waals surface area contributed by atoms with Gasteiger partial charge in [0.25, 0.3) is 0 Å². The average Bonchev–Trinajstić information content (AvgIpc) is 2.26. The van der Waals surface area contributed by atoms with Gasteiger partial charge in [-0.3, -0.25) is 0 Å². The summed E-state index contributed by atoms with van der Waals surface area (Å²) in [6.45, 7) is 6.20. The van der Waals surface area contributed by atoms with E-state index < -0.39 is 6.10 Å². The SMILES string of the molecule is CCC(C)CSc1ccc(C(C)O)cn1. The van der Waals surface area contributed by atoms with Crippen molar-refractivity contribution in [2.45, 2.75) is 38.3 Å². The molecule has 0 saturated carbocycles. The highest BCUT2D eigenvalue weighted by Gasteiger charge is 2.03. The predicted molar refractivity (Wildman–Crippen MR) is 65.0 cm³/mol. The fourth-order valence-corrected chi connectivity index (χ4v) is 2.05. The van der Waals surface area contributed by atoms with Crippen molar-refractivity contribution >= 4 is 11.8 Å². The number of nitrogens with zero attached hydrogens (tertiary/aromatic N) is 1. The molecule has 1 heterocycles. The molecule has 15 heavy (non-hydrogen) atoms. The third-order valence-electron chi connectivity index (χ3n) is 2.45. The summed E-state index contributed by atoms with van der Waals surface area (Å²) in [7, 11) is 0. The van der Waals surface area contributed by atoms with Crippen LogP contribution in [0, 0.1) is 5.92 Å². The maximum atomic E-state index is 9.32. The lowest BCUT2D eigenvalue weighted by atomic mass is 10.2. The zero-order valence-electron chi connectivity index (χ0n) is 9.60. The number of rotatable bonds is 5. The summed E-state index contributed by atoms with van der Waals surface area (Å²) in [6.07, 6.45) is 2.54. The Morgan fingerprint density at radius 2 is 2.13 bits per heavy atom. The van der Waals surface area contributed by atoms with Crippen molar-refractivity contribution in [2.24, 2.45) is 5.92 Å². The molecule has 1 N–H and O–H groups in total. The summed E-state index contributed by atoms with van der Waals surface area (Å²) in [4.78, 5) is 4.31. The van der Waals surface area contributed by atoms with Crippen LogP contribution in [0.15, 0.2) is 23.4 Å². The van der Waals surface area contributed by atoms with Crippen molar-refractivity contribution in [1.82, 2.24) is 4.98 Å². The standard InChI is InChI=1S/C12H19NOS/c1-4-9(2)8-15-12-6-5-11(7-13-12)10(3)14/h5-7,9-10,14H,4,8H2,1-3H3. The van der Waals surface area contributed by atoms with Crippen molar-refractivity contribution in [2.75, 3.05) is 5.75 Å². The van der Waals surface area contributed by atoms with Gasteiger partial charge < -0.3 is 5.11 Å². The fourth-order valence-electron chi connectivity index (χ4n) is 1.07. The molecular formula is C12H19NOS. The Morgan fingerprint density at radius 3 is 2.60 bits per heavy atom. The van der Waals surface area contributed by atoms with Crippen LogP contribution in [0.5, 0.6) is 0 Å². The molecule has 0 bridgehead atoms. The largest absolute Gasteiger partial charge is 0.389 e. The average molecular weight is 225 g/mol. The predicted octanol–water partition coefficient (Wildman–Crippen LogP) is 3.27. The van der Waals surface area contributed by atoms with Crippen LogP contribution in [0.25, 0.3) is 0 Å². The van der Waals surface area contributed by atoms with E-state index in [0.29, 0.717) is 0 Å². The molecule has 2 nitrogen and oxygen atoms in total. The van der Waals surface area contributed by atoms with Crippen LogP contribution in [0.4, 0.5) is 0 Å². The Morgan fingerprint density at radius 1 is 1.40 bits per heavy atom. The van der Waals surface area contributed by atoms with E-state index in [1.54, 1.807) is 24.9 Å². The molecule has 2 unspecified atom stereocenters. The number of hydrogen-bond acceptors (Lipinski definition) is 3. The molecule has 0 aromatic carbocycles. The first kappa shape index (κ1) is 12.5. The van der Waals surface area contributed by atoms with Crippen molar-refractivity contribution in [3.05, 3.63) is 23.9 Å². The monoisotopic (exact) mass is 225 g/mol. The maximum Gasteiger partial charge on any atom is 0.0960 e. The van der Waals surface area contributed by atoms with Gasteiger partial charge in [-0.2, -0.15) is 0 Å². The Labute approximate surface area is 96.1 Å². The second kappa shape index (κ2) is 6.13. The number of aliphatic hydroxyl groups is 1. The van der Waals surface area contributed by atoms with E-state index in [1.165, 1.54) is 6.42 Å². The van der Waals surface area contributed by atoms with E-state index in [2.05, 4.69) is 18.8 Å². The molecule has 0 amide bonds. The smallest absolute Gasteiger partial charge is 0.0960 e. The zero-order chi connectivity index (χ0) is 11.3. The molecule has 1 aromatic rings. The van der Waals surface area contributed by atoms with E-state index >= 15 is 0 Å². The molecule has 1 aromatic heterocycles. The van der Waals surface area contributed by atoms with Crippen molar-refractivity contribution < 1.29 is 5.11 Å². The second-order valence-electron chi connectivity index (χ2n) is 3.93. The van der Waals surface area contributed by atoms with E-state index in [4.69, 9.17) is 0 Å². The lowest BCUT2D eigenvalue weighted by Gasteiger charge is -2.08. The quantitative estimate of drug-likeness (QED) is 0.781. The topological polar surface area (TPSA) is 33.1 Å². The van der Waals surface area contributed by atoms with E-state index in [9.17, 15) is 5.11 Å². The van der Waals surface area contributed by atoms with Crippen molar-refractivity contribution in [1.29, 1.82) is 0 Å². The Balaban J connectivity index is 2.50. The Bertz CT molecular complexity index is 284. The molecule has 3 heteroatoms. The molecule has 0 fully saturated rings. The fraction of sp³-hybridized carbons (Fsp3) is 0.583. The summed E-state index contributed by atoms with van der Waals surface area (Å²) in [5.74, 6) is 1.84. The van der Waals surface area contributed by atoms with Gasteiger partial charge in [-0.1, -0.05) is 26.3 Å². The highest BCUT2D eigenvalue weighted by atomic mass is 32.2. The molecule has 2 atom stereocenters. The first-order chi connectivity index (χ1) is 7.13. The second-order valence-corrected chi connectivity index (χ2v) is 4.97. The van der Waals surface area contributed by atoms with E-state index in [1.807, 2.05) is 12.1 Å². The van der Waals surface area contributed by atoms with Gasteiger partial charge in [0.15, 0.2) is 0 Å². The van der Waals surface area contributed by atoms with Crippen LogP contribution in [0.3, 0.4) is 0 Å². The molecule has 0 saturated heterocycles. The third kappa shape index (κ3) is 4.22. The zero-order valence-corrected chi connectivity index (χ0v) is 10.4. The normalized spacial score (nSPS) is 14.9. The van der Waals surface area contributed by atoms with E-state index in [0.717, 1.165) is 22.3 Å². The van der Waals surface area contributed by atoms with Gasteiger partial charge in [0.05, 0.1) is 11.1 Å². The minimum Gasteiger partial charge on any atom is -0.389 e. The maximum absolute atomic E-state index is 9.32. The number of thioether (sulfide) groups is 1. The first-order valence-electron chi connectivity index (χ1n) is 5.40. The summed E-state index contributed by atoms with van der Waals surface area (Å²) >= 11 is 1.78. The summed E-state index contributed by atoms with van der Waals surface area (Å²) < 4.78 is 0. The van der Waals surface area contributed by atoms with Gasteiger partial charge in [-0.25, -0.2) is 4.98 Å². The van der Waals surface area contributed by atoms with Gasteiger partial charge in [-0.15, -0.1) is 11.8 Å². The lowest BCUT2D eigenvalue weighted by molar-refractivity contribution is 0.198. The molecule has 0 spiro atoms. The lowest BCUT2D eigenvalue weighted by Crippen LogP contribution is -1.97. The number of aromatic nitrogens is 1. The number of hydrogen-bond donors (Lipinski definition) is 1. The van der Waals surface area contributed by atoms with Crippen LogP contribution < -0.4 is 0 Å². The highest BCUT2D eigenvalue weighted by Crippen LogP contribution is 2.21. The van der Waals surface area contributed by atoms with Crippen LogP contribution >= 0.6 is 11.8 Å². The van der Waals surface area contributed by atoms with Gasteiger partial charge in [0, 0.05) is 11.9 Å². The van der Waals surface area contributed by atoms with Crippen LogP contribution in [0.2, 0.25) is 0 Å². The van der Waals surface area contributed by atoms with Gasteiger partial charge in [-0.05, 0) is 24.5 Å². The minimum atomic E-state index is -0.425. The Hall–Kier alpha value is -0.540. The molecule has 0 aliphatic rings. The number of aliphatic hydroxyl groups excluding tert-OH is 1. The van der Waals surface area contributed by atoms with E-state index in [-0.39, 0.29) is 0 Å². The molecule has 84 valence electrons. The van der Waals surface area contributed by atoms with Crippen LogP contribution in [-0.4, -0.2) is 15.8 Å².